The van der Waals surface area contributed by atoms with Crippen molar-refractivity contribution in [3.63, 3.8) is 0 Å². The molecule has 71 heavy (non-hydrogen) atoms. The molecule has 0 fully saturated rings. The number of carbonyl (C=O) groups is 2. The molecule has 0 saturated heterocycles. The summed E-state index contributed by atoms with van der Waals surface area (Å²) in [4.78, 5) is 24.7. The molecular weight excluding hydrogens is 907 g/mol. The molecule has 0 saturated carbocycles. The van der Waals surface area contributed by atoms with Gasteiger partial charge in [0.2, 0.25) is 0 Å². The van der Waals surface area contributed by atoms with E-state index < -0.39 is 27.8 Å². The maximum Gasteiger partial charge on any atom is 0.337 e. The molecule has 0 spiro atoms. The van der Waals surface area contributed by atoms with Gasteiger partial charge in [0, 0.05) is 22.3 Å². The number of fused-ring (bicyclic) bond motifs is 1. The molecule has 0 atom stereocenters. The molecule has 0 unspecified atom stereocenters. The van der Waals surface area contributed by atoms with Gasteiger partial charge in [-0.2, -0.15) is 0 Å². The summed E-state index contributed by atoms with van der Waals surface area (Å²) in [7, 11) is 0.381. The Morgan fingerprint density at radius 2 is 0.845 bits per heavy atom. The molecule has 0 aliphatic heterocycles. The topological polar surface area (TPSA) is 52.6 Å². The number of ether oxygens (including phenoxy) is 2. The van der Waals surface area contributed by atoms with Gasteiger partial charge < -0.3 is 9.47 Å². The minimum Gasteiger partial charge on any atom is -0.465 e. The molecule has 9 rings (SSSR count). The predicted molar refractivity (Wildman–Crippen MR) is 298 cm³/mol. The fraction of sp³-hybridized carbons (Fsp3) is 0.0462. The first kappa shape index (κ1) is 47.7. The Labute approximate surface area is 418 Å². The predicted octanol–water partition coefficient (Wildman–Crippen LogP) is 11.9. The van der Waals surface area contributed by atoms with Crippen molar-refractivity contribution in [2.75, 3.05) is 14.2 Å². The summed E-state index contributed by atoms with van der Waals surface area (Å²) < 4.78 is 9.94. The van der Waals surface area contributed by atoms with E-state index in [-0.39, 0.29) is 0 Å². The zero-order valence-electron chi connectivity index (χ0n) is 39.6. The van der Waals surface area contributed by atoms with Crippen LogP contribution in [0.15, 0.2) is 225 Å². The Hall–Kier alpha value is -8.36. The fourth-order valence-corrected chi connectivity index (χ4v) is 13.8. The number of hydrogen-bond donors (Lipinski definition) is 0. The van der Waals surface area contributed by atoms with Crippen LogP contribution in [0.2, 0.25) is 0 Å². The van der Waals surface area contributed by atoms with Crippen LogP contribution in [0.5, 0.6) is 0 Å². The van der Waals surface area contributed by atoms with Crippen molar-refractivity contribution in [2.45, 2.75) is 6.92 Å². The lowest BCUT2D eigenvalue weighted by Crippen LogP contribution is -2.27. The Kier molecular flexibility index (Phi) is 15.0. The van der Waals surface area contributed by atoms with Crippen molar-refractivity contribution in [3.05, 3.63) is 269 Å². The summed E-state index contributed by atoms with van der Waals surface area (Å²) >= 11 is 0. The Morgan fingerprint density at radius 3 is 1.27 bits per heavy atom. The van der Waals surface area contributed by atoms with Gasteiger partial charge in [-0.15, -0.1) is 0 Å². The third kappa shape index (κ3) is 10.5. The van der Waals surface area contributed by atoms with E-state index in [9.17, 15) is 9.59 Å². The molecule has 9 aromatic rings. The van der Waals surface area contributed by atoms with E-state index >= 15 is 0 Å². The van der Waals surface area contributed by atoms with Crippen LogP contribution in [0.25, 0.3) is 28.0 Å². The molecule has 0 bridgehead atoms. The third-order valence-corrected chi connectivity index (χ3v) is 17.0. The van der Waals surface area contributed by atoms with E-state index in [4.69, 9.17) is 9.47 Å². The van der Waals surface area contributed by atoms with Gasteiger partial charge >= 0.3 is 11.9 Å². The molecular formula is C65H48O4P2. The molecule has 342 valence electrons. The minimum atomic E-state index is -1.19. The maximum absolute atomic E-state index is 12.3. The molecule has 0 aromatic heterocycles. The molecule has 6 heteroatoms. The number of carbonyl (C=O) groups excluding carboxylic acids is 2. The molecule has 0 N–H and O–H groups in total. The lowest BCUT2D eigenvalue weighted by atomic mass is 9.88. The monoisotopic (exact) mass is 954 g/mol. The van der Waals surface area contributed by atoms with E-state index in [0.717, 1.165) is 55.3 Å². The standard InChI is InChI=1S/C65H48O4P2/c1-5-6-29-57-46(2)62(60(70(53-21-11-7-12-22-53)54-23-13-8-14-24-54)44-51(57)42-36-47-32-38-49(39-33-47)64(66)68-3)63-59-31-20-19-30-58(59)52(43-37-48-34-40-50(41-35-48)65(67)69-4)45-61(63)71(55-25-15-9-16-26-55)56-27-17-10-18-28-56/h5-35,38-41,44-45H,1H2,2-4H3/b29-6-. The molecule has 0 amide bonds. The summed E-state index contributed by atoms with van der Waals surface area (Å²) in [6.45, 7) is 6.32. The first-order chi connectivity index (χ1) is 34.9. The summed E-state index contributed by atoms with van der Waals surface area (Å²) in [6.07, 6.45) is 5.91. The number of allylic oxidation sites excluding steroid dienone is 2. The quantitative estimate of drug-likeness (QED) is 0.0561. The summed E-state index contributed by atoms with van der Waals surface area (Å²) in [5.74, 6) is 13.4. The second-order valence-corrected chi connectivity index (χ2v) is 20.8. The number of hydrogen-bond acceptors (Lipinski definition) is 4. The SMILES string of the molecule is C=C/C=C\c1c(C#Cc2ccc(C(=O)OC)cc2)cc(P(c2ccccc2)c2ccccc2)c(-c2c(P(c3ccccc3)c3ccccc3)cc(C#Cc3ccc(C(=O)OC)cc3)c3ccccc23)c1C. The van der Waals surface area contributed by atoms with Gasteiger partial charge in [0.1, 0.15) is 0 Å². The maximum atomic E-state index is 12.3. The van der Waals surface area contributed by atoms with Crippen molar-refractivity contribution in [1.29, 1.82) is 0 Å². The van der Waals surface area contributed by atoms with Gasteiger partial charge in [-0.1, -0.05) is 194 Å². The van der Waals surface area contributed by atoms with Crippen LogP contribution in [-0.2, 0) is 9.47 Å². The molecule has 0 aliphatic rings. The third-order valence-electron chi connectivity index (χ3n) is 12.1. The molecule has 0 heterocycles. The van der Waals surface area contributed by atoms with Crippen LogP contribution in [0.1, 0.15) is 54.1 Å². The van der Waals surface area contributed by atoms with Crippen molar-refractivity contribution in [1.82, 2.24) is 0 Å². The fourth-order valence-electron chi connectivity index (χ4n) is 8.75. The second-order valence-electron chi connectivity index (χ2n) is 16.5. The van der Waals surface area contributed by atoms with E-state index in [1.807, 2.05) is 30.3 Å². The largest absolute Gasteiger partial charge is 0.465 e. The van der Waals surface area contributed by atoms with Gasteiger partial charge in [-0.25, -0.2) is 9.59 Å². The van der Waals surface area contributed by atoms with Crippen molar-refractivity contribution in [3.8, 4) is 34.8 Å². The van der Waals surface area contributed by atoms with Crippen LogP contribution in [0.4, 0.5) is 0 Å². The van der Waals surface area contributed by atoms with Crippen molar-refractivity contribution in [2.24, 2.45) is 0 Å². The summed E-state index contributed by atoms with van der Waals surface area (Å²) in [5.41, 5.74) is 8.61. The Bertz CT molecular complexity index is 3470. The van der Waals surface area contributed by atoms with Gasteiger partial charge in [0.25, 0.3) is 0 Å². The smallest absolute Gasteiger partial charge is 0.337 e. The highest BCUT2D eigenvalue weighted by atomic mass is 31.1. The first-order valence-electron chi connectivity index (χ1n) is 23.1. The molecule has 4 nitrogen and oxygen atoms in total. The van der Waals surface area contributed by atoms with E-state index in [2.05, 4.69) is 201 Å². The van der Waals surface area contributed by atoms with Crippen LogP contribution >= 0.6 is 15.8 Å². The van der Waals surface area contributed by atoms with Crippen LogP contribution < -0.4 is 31.8 Å². The summed E-state index contributed by atoms with van der Waals surface area (Å²) in [6, 6.07) is 71.0. The van der Waals surface area contributed by atoms with Gasteiger partial charge in [-0.05, 0) is 148 Å². The molecule has 0 aliphatic carbocycles. The van der Waals surface area contributed by atoms with Crippen molar-refractivity contribution < 1.29 is 19.1 Å². The van der Waals surface area contributed by atoms with E-state index in [1.54, 1.807) is 30.3 Å². The highest BCUT2D eigenvalue weighted by molar-refractivity contribution is 7.80. The van der Waals surface area contributed by atoms with Crippen LogP contribution in [-0.4, -0.2) is 26.2 Å². The van der Waals surface area contributed by atoms with Crippen molar-refractivity contribution >= 4 is 76.5 Å². The zero-order valence-corrected chi connectivity index (χ0v) is 41.4. The number of benzene rings is 9. The van der Waals surface area contributed by atoms with E-state index in [0.29, 0.717) is 11.1 Å². The first-order valence-corrected chi connectivity index (χ1v) is 25.8. The Morgan fingerprint density at radius 1 is 0.465 bits per heavy atom. The molecule has 0 radical (unpaired) electrons. The summed E-state index contributed by atoms with van der Waals surface area (Å²) in [5, 5.41) is 9.29. The lowest BCUT2D eigenvalue weighted by molar-refractivity contribution is 0.0592. The highest BCUT2D eigenvalue weighted by Crippen LogP contribution is 2.46. The lowest BCUT2D eigenvalue weighted by Gasteiger charge is -2.30. The average molecular weight is 955 g/mol. The Balaban J connectivity index is 1.42. The number of rotatable bonds is 11. The van der Waals surface area contributed by atoms with Gasteiger partial charge in [0.15, 0.2) is 0 Å². The van der Waals surface area contributed by atoms with Crippen LogP contribution in [0.3, 0.4) is 0 Å². The van der Waals surface area contributed by atoms with Crippen LogP contribution in [0, 0.1) is 30.6 Å². The highest BCUT2D eigenvalue weighted by Gasteiger charge is 2.30. The number of esters is 2. The average Bonchev–Trinajstić information content (AvgIpc) is 3.43. The molecule has 9 aromatic carbocycles. The van der Waals surface area contributed by atoms with Gasteiger partial charge in [-0.3, -0.25) is 0 Å². The van der Waals surface area contributed by atoms with E-state index in [1.165, 1.54) is 46.0 Å². The zero-order chi connectivity index (χ0) is 49.1. The normalized spacial score (nSPS) is 10.9. The second kappa shape index (κ2) is 22.4. The number of methoxy groups -OCH3 is 2. The van der Waals surface area contributed by atoms with Gasteiger partial charge in [0.05, 0.1) is 25.3 Å². The minimum absolute atomic E-state index is 0.390.